The number of hydrogen-bond donors (Lipinski definition) is 1. The van der Waals surface area contributed by atoms with Gasteiger partial charge in [-0.15, -0.1) is 11.3 Å². The minimum absolute atomic E-state index is 0.0591. The Bertz CT molecular complexity index is 1180. The van der Waals surface area contributed by atoms with Crippen LogP contribution in [0.1, 0.15) is 78.6 Å². The number of amides is 2. The number of nitrogens with zero attached hydrogens (tertiary/aromatic N) is 3. The van der Waals surface area contributed by atoms with Crippen LogP contribution in [0, 0.1) is 0 Å². The first-order valence-electron chi connectivity index (χ1n) is 13.3. The molecule has 1 aliphatic heterocycles. The highest BCUT2D eigenvalue weighted by Crippen LogP contribution is 2.38. The minimum atomic E-state index is -3.62. The zero-order valence-electron chi connectivity index (χ0n) is 22.7. The summed E-state index contributed by atoms with van der Waals surface area (Å²) in [5.74, 6) is -0.418. The fraction of sp³-hybridized carbons (Fsp3) is 0.556. The fourth-order valence-electron chi connectivity index (χ4n) is 4.66. The number of carbonyl (C=O) groups excluding carboxylic acids is 2. The van der Waals surface area contributed by atoms with Crippen LogP contribution in [-0.4, -0.2) is 73.6 Å². The van der Waals surface area contributed by atoms with E-state index in [4.69, 9.17) is 0 Å². The lowest BCUT2D eigenvalue weighted by Crippen LogP contribution is -2.34. The Balaban J connectivity index is 1.89. The highest BCUT2D eigenvalue weighted by Gasteiger charge is 2.30. The predicted molar refractivity (Wildman–Crippen MR) is 150 cm³/mol. The number of anilines is 1. The molecule has 0 aliphatic carbocycles. The van der Waals surface area contributed by atoms with Crippen LogP contribution >= 0.6 is 11.3 Å². The Hall–Kier alpha value is -2.27. The summed E-state index contributed by atoms with van der Waals surface area (Å²) in [4.78, 5) is 32.1. The number of fused-ring (bicyclic) bond motifs is 1. The van der Waals surface area contributed by atoms with E-state index in [2.05, 4.69) is 17.1 Å². The van der Waals surface area contributed by atoms with Crippen molar-refractivity contribution in [1.82, 2.24) is 14.1 Å². The van der Waals surface area contributed by atoms with E-state index in [9.17, 15) is 18.0 Å². The molecule has 0 saturated heterocycles. The topological polar surface area (TPSA) is 90.0 Å². The van der Waals surface area contributed by atoms with Crippen molar-refractivity contribution in [3.05, 3.63) is 45.8 Å². The van der Waals surface area contributed by atoms with Gasteiger partial charge in [0.2, 0.25) is 10.0 Å². The molecule has 1 aromatic heterocycles. The lowest BCUT2D eigenvalue weighted by Gasteiger charge is -2.26. The molecule has 2 aromatic rings. The molecule has 0 unspecified atom stereocenters. The smallest absolute Gasteiger partial charge is 0.257 e. The van der Waals surface area contributed by atoms with E-state index in [-0.39, 0.29) is 16.7 Å². The van der Waals surface area contributed by atoms with Gasteiger partial charge >= 0.3 is 0 Å². The van der Waals surface area contributed by atoms with Gasteiger partial charge in [-0.3, -0.25) is 14.5 Å². The Labute approximate surface area is 225 Å². The summed E-state index contributed by atoms with van der Waals surface area (Å²) in [6, 6.07) is 6.05. The maximum absolute atomic E-state index is 13.5. The molecule has 0 bridgehead atoms. The lowest BCUT2D eigenvalue weighted by atomic mass is 10.0. The third kappa shape index (κ3) is 6.42. The second-order valence-corrected chi connectivity index (χ2v) is 12.2. The maximum Gasteiger partial charge on any atom is 0.257 e. The zero-order valence-corrected chi connectivity index (χ0v) is 24.3. The van der Waals surface area contributed by atoms with Crippen molar-refractivity contribution < 1.29 is 18.0 Å². The van der Waals surface area contributed by atoms with E-state index in [0.717, 1.165) is 49.3 Å². The quantitative estimate of drug-likeness (QED) is 0.416. The number of nitrogens with one attached hydrogen (secondary N) is 1. The molecule has 204 valence electrons. The third-order valence-electron chi connectivity index (χ3n) is 6.78. The first-order valence-corrected chi connectivity index (χ1v) is 15.5. The number of sulfonamides is 1. The van der Waals surface area contributed by atoms with Crippen molar-refractivity contribution in [2.75, 3.05) is 44.6 Å². The number of carbonyl (C=O) groups is 2. The van der Waals surface area contributed by atoms with Crippen molar-refractivity contribution in [3.8, 4) is 0 Å². The number of likely N-dealkylation sites (N-methyl/N-ethyl adjacent to an activating group) is 1. The summed E-state index contributed by atoms with van der Waals surface area (Å²) in [5, 5.41) is 3.54. The van der Waals surface area contributed by atoms with Crippen LogP contribution in [0.3, 0.4) is 0 Å². The van der Waals surface area contributed by atoms with E-state index in [0.29, 0.717) is 42.3 Å². The summed E-state index contributed by atoms with van der Waals surface area (Å²) in [5.41, 5.74) is 1.98. The van der Waals surface area contributed by atoms with Gasteiger partial charge in [0.25, 0.3) is 11.8 Å². The standard InChI is InChI=1S/C27H40N4O4S2/c1-6-16-31(17-7-2)37(34,35)21-13-11-20(12-14-21)25(32)28-26-24(27(33)30(9-4)10-5)22-15-18-29(8-3)19-23(22)36-26/h11-14H,6-10,15-19H2,1-5H3,(H,28,32). The minimum Gasteiger partial charge on any atom is -0.339 e. The van der Waals surface area contributed by atoms with E-state index >= 15 is 0 Å². The molecular formula is C27H40N4O4S2. The SMILES string of the molecule is CCCN(CCC)S(=O)(=O)c1ccc(C(=O)Nc2sc3c(c2C(=O)N(CC)CC)CCN(CC)C3)cc1. The van der Waals surface area contributed by atoms with E-state index in [1.165, 1.54) is 39.9 Å². The second-order valence-electron chi connectivity index (χ2n) is 9.19. The fourth-order valence-corrected chi connectivity index (χ4v) is 7.56. The first kappa shape index (κ1) is 29.3. The monoisotopic (exact) mass is 548 g/mol. The molecule has 2 heterocycles. The molecule has 0 radical (unpaired) electrons. The highest BCUT2D eigenvalue weighted by atomic mass is 32.2. The third-order valence-corrected chi connectivity index (χ3v) is 9.82. The second kappa shape index (κ2) is 13.0. The summed E-state index contributed by atoms with van der Waals surface area (Å²) in [7, 11) is -3.62. The van der Waals surface area contributed by atoms with Gasteiger partial charge < -0.3 is 10.2 Å². The van der Waals surface area contributed by atoms with Crippen LogP contribution in [-0.2, 0) is 23.0 Å². The van der Waals surface area contributed by atoms with Crippen molar-refractivity contribution in [1.29, 1.82) is 0 Å². The number of rotatable bonds is 12. The largest absolute Gasteiger partial charge is 0.339 e. The van der Waals surface area contributed by atoms with Crippen LogP contribution in [0.15, 0.2) is 29.2 Å². The highest BCUT2D eigenvalue weighted by molar-refractivity contribution is 7.89. The van der Waals surface area contributed by atoms with Gasteiger partial charge in [-0.25, -0.2) is 8.42 Å². The Kier molecular flexibility index (Phi) is 10.3. The van der Waals surface area contributed by atoms with Crippen LogP contribution < -0.4 is 5.32 Å². The van der Waals surface area contributed by atoms with E-state index in [1.807, 2.05) is 27.7 Å². The average molecular weight is 549 g/mol. The summed E-state index contributed by atoms with van der Waals surface area (Å²) in [6.07, 6.45) is 2.24. The maximum atomic E-state index is 13.5. The van der Waals surface area contributed by atoms with Crippen LogP contribution in [0.4, 0.5) is 5.00 Å². The molecule has 1 N–H and O–H groups in total. The van der Waals surface area contributed by atoms with Gasteiger partial charge in [0.15, 0.2) is 0 Å². The van der Waals surface area contributed by atoms with E-state index < -0.39 is 10.0 Å². The zero-order chi connectivity index (χ0) is 27.2. The van der Waals surface area contributed by atoms with Crippen LogP contribution in [0.2, 0.25) is 0 Å². The molecule has 1 aromatic carbocycles. The van der Waals surface area contributed by atoms with Gasteiger partial charge in [-0.1, -0.05) is 20.8 Å². The molecule has 8 nitrogen and oxygen atoms in total. The molecule has 0 spiro atoms. The summed E-state index contributed by atoms with van der Waals surface area (Å²) in [6.45, 7) is 14.6. The van der Waals surface area contributed by atoms with Gasteiger partial charge in [0, 0.05) is 49.7 Å². The molecule has 0 fully saturated rings. The number of thiophene rings is 1. The van der Waals surface area contributed by atoms with Crippen molar-refractivity contribution in [3.63, 3.8) is 0 Å². The van der Waals surface area contributed by atoms with Crippen molar-refractivity contribution >= 4 is 38.2 Å². The number of benzene rings is 1. The molecule has 2 amide bonds. The summed E-state index contributed by atoms with van der Waals surface area (Å²) < 4.78 is 27.6. The van der Waals surface area contributed by atoms with Crippen LogP contribution in [0.5, 0.6) is 0 Å². The number of hydrogen-bond acceptors (Lipinski definition) is 6. The van der Waals surface area contributed by atoms with Crippen LogP contribution in [0.25, 0.3) is 0 Å². The first-order chi connectivity index (χ1) is 17.7. The molecule has 0 saturated carbocycles. The van der Waals surface area contributed by atoms with Gasteiger partial charge in [-0.05, 0) is 69.5 Å². The van der Waals surface area contributed by atoms with Gasteiger partial charge in [0.1, 0.15) is 5.00 Å². The molecule has 1 aliphatic rings. The van der Waals surface area contributed by atoms with Gasteiger partial charge in [0.05, 0.1) is 10.5 Å². The molecule has 10 heteroatoms. The Morgan fingerprint density at radius 3 is 2.16 bits per heavy atom. The molecule has 0 atom stereocenters. The Morgan fingerprint density at radius 2 is 1.62 bits per heavy atom. The summed E-state index contributed by atoms with van der Waals surface area (Å²) >= 11 is 1.47. The van der Waals surface area contributed by atoms with Gasteiger partial charge in [-0.2, -0.15) is 4.31 Å². The van der Waals surface area contributed by atoms with Crippen molar-refractivity contribution in [2.45, 2.75) is 65.3 Å². The normalized spacial score (nSPS) is 14.0. The molecular weight excluding hydrogens is 508 g/mol. The molecule has 3 rings (SSSR count). The average Bonchev–Trinajstić information content (AvgIpc) is 3.25. The lowest BCUT2D eigenvalue weighted by molar-refractivity contribution is 0.0772. The van der Waals surface area contributed by atoms with E-state index in [1.54, 1.807) is 4.90 Å². The molecule has 37 heavy (non-hydrogen) atoms. The Morgan fingerprint density at radius 1 is 1.00 bits per heavy atom. The predicted octanol–water partition coefficient (Wildman–Crippen LogP) is 4.67. The van der Waals surface area contributed by atoms with Crippen molar-refractivity contribution in [2.24, 2.45) is 0 Å².